The molecule has 1 N–H and O–H groups in total. The highest BCUT2D eigenvalue weighted by atomic mass is 35.5. The SMILES string of the molecule is COC[C@@H](O)CN1CC(c2cccc(Cl)c2)OCC1C. The van der Waals surface area contributed by atoms with E-state index in [0.29, 0.717) is 19.8 Å². The molecule has 2 unspecified atom stereocenters. The van der Waals surface area contributed by atoms with E-state index in [-0.39, 0.29) is 12.1 Å². The van der Waals surface area contributed by atoms with Crippen LogP contribution in [0.5, 0.6) is 0 Å². The lowest BCUT2D eigenvalue weighted by atomic mass is 10.1. The molecule has 1 aliphatic rings. The minimum Gasteiger partial charge on any atom is -0.389 e. The number of nitrogens with zero attached hydrogens (tertiary/aromatic N) is 1. The molecule has 0 aromatic heterocycles. The molecule has 0 bridgehead atoms. The van der Waals surface area contributed by atoms with E-state index in [1.54, 1.807) is 7.11 Å². The quantitative estimate of drug-likeness (QED) is 0.904. The molecule has 20 heavy (non-hydrogen) atoms. The molecule has 0 aliphatic carbocycles. The Labute approximate surface area is 125 Å². The Balaban J connectivity index is 2.00. The highest BCUT2D eigenvalue weighted by Gasteiger charge is 2.28. The Kier molecular flexibility index (Phi) is 5.81. The molecule has 3 atom stereocenters. The Morgan fingerprint density at radius 3 is 3.05 bits per heavy atom. The number of ether oxygens (including phenoxy) is 2. The first-order chi connectivity index (χ1) is 9.60. The van der Waals surface area contributed by atoms with Crippen LogP contribution in [0.3, 0.4) is 0 Å². The average molecular weight is 300 g/mol. The van der Waals surface area contributed by atoms with Crippen LogP contribution in [0.4, 0.5) is 0 Å². The minimum absolute atomic E-state index is 0.000329. The molecular weight excluding hydrogens is 278 g/mol. The molecule has 1 aromatic rings. The molecule has 112 valence electrons. The van der Waals surface area contributed by atoms with Crippen molar-refractivity contribution in [2.75, 3.05) is 33.4 Å². The number of morpholine rings is 1. The molecule has 0 saturated carbocycles. The molecule has 1 aromatic carbocycles. The fraction of sp³-hybridized carbons (Fsp3) is 0.600. The summed E-state index contributed by atoms with van der Waals surface area (Å²) in [5.74, 6) is 0. The number of halogens is 1. The van der Waals surface area contributed by atoms with Crippen LogP contribution in [0.25, 0.3) is 0 Å². The van der Waals surface area contributed by atoms with Gasteiger partial charge in [-0.25, -0.2) is 0 Å². The molecule has 5 heteroatoms. The van der Waals surface area contributed by atoms with E-state index in [9.17, 15) is 5.11 Å². The number of aliphatic hydroxyl groups is 1. The van der Waals surface area contributed by atoms with Gasteiger partial charge in [-0.1, -0.05) is 23.7 Å². The van der Waals surface area contributed by atoms with Crippen LogP contribution in [-0.4, -0.2) is 55.6 Å². The van der Waals surface area contributed by atoms with Gasteiger partial charge in [0.2, 0.25) is 0 Å². The molecule has 0 radical (unpaired) electrons. The summed E-state index contributed by atoms with van der Waals surface area (Å²) in [7, 11) is 1.60. The summed E-state index contributed by atoms with van der Waals surface area (Å²) in [5, 5.41) is 10.6. The van der Waals surface area contributed by atoms with Gasteiger partial charge in [-0.3, -0.25) is 4.90 Å². The Bertz CT molecular complexity index is 429. The molecule has 4 nitrogen and oxygen atoms in total. The van der Waals surface area contributed by atoms with Crippen LogP contribution in [0, 0.1) is 0 Å². The maximum atomic E-state index is 9.89. The van der Waals surface area contributed by atoms with Crippen LogP contribution < -0.4 is 0 Å². The van der Waals surface area contributed by atoms with Gasteiger partial charge < -0.3 is 14.6 Å². The second-order valence-electron chi connectivity index (χ2n) is 5.29. The van der Waals surface area contributed by atoms with Crippen molar-refractivity contribution in [1.29, 1.82) is 0 Å². The monoisotopic (exact) mass is 299 g/mol. The van der Waals surface area contributed by atoms with Gasteiger partial charge in [0.15, 0.2) is 0 Å². The van der Waals surface area contributed by atoms with Crippen molar-refractivity contribution >= 4 is 11.6 Å². The summed E-state index contributed by atoms with van der Waals surface area (Å²) in [6, 6.07) is 8.04. The van der Waals surface area contributed by atoms with E-state index in [1.807, 2.05) is 24.3 Å². The standard InChI is InChI=1S/C15H22ClNO3/c1-11-9-20-15(12-4-3-5-13(16)6-12)8-17(11)7-14(18)10-19-2/h3-6,11,14-15,18H,7-10H2,1-2H3/t11?,14-,15?/m0/s1. The van der Waals surface area contributed by atoms with Crippen molar-refractivity contribution in [2.45, 2.75) is 25.2 Å². The summed E-state index contributed by atoms with van der Waals surface area (Å²) >= 11 is 6.03. The van der Waals surface area contributed by atoms with Crippen LogP contribution >= 0.6 is 11.6 Å². The van der Waals surface area contributed by atoms with E-state index in [1.165, 1.54) is 0 Å². The van der Waals surface area contributed by atoms with E-state index in [2.05, 4.69) is 11.8 Å². The largest absolute Gasteiger partial charge is 0.389 e. The Hall–Kier alpha value is -0.650. The predicted molar refractivity (Wildman–Crippen MR) is 79.1 cm³/mol. The lowest BCUT2D eigenvalue weighted by Crippen LogP contribution is -2.48. The number of aliphatic hydroxyl groups excluding tert-OH is 1. The van der Waals surface area contributed by atoms with Gasteiger partial charge in [0.25, 0.3) is 0 Å². The Morgan fingerprint density at radius 2 is 2.35 bits per heavy atom. The van der Waals surface area contributed by atoms with E-state index in [0.717, 1.165) is 17.1 Å². The highest BCUT2D eigenvalue weighted by molar-refractivity contribution is 6.30. The zero-order chi connectivity index (χ0) is 14.5. The summed E-state index contributed by atoms with van der Waals surface area (Å²) in [6.07, 6.45) is -0.472. The van der Waals surface area contributed by atoms with Gasteiger partial charge in [-0.15, -0.1) is 0 Å². The first-order valence-corrected chi connectivity index (χ1v) is 7.26. The fourth-order valence-corrected chi connectivity index (χ4v) is 2.68. The second kappa shape index (κ2) is 7.38. The molecule has 1 fully saturated rings. The van der Waals surface area contributed by atoms with Crippen LogP contribution in [0.1, 0.15) is 18.6 Å². The molecule has 2 rings (SSSR count). The smallest absolute Gasteiger partial charge is 0.0953 e. The number of methoxy groups -OCH3 is 1. The van der Waals surface area contributed by atoms with E-state index in [4.69, 9.17) is 21.1 Å². The van der Waals surface area contributed by atoms with Crippen molar-refractivity contribution < 1.29 is 14.6 Å². The zero-order valence-electron chi connectivity index (χ0n) is 12.0. The van der Waals surface area contributed by atoms with Gasteiger partial charge in [0, 0.05) is 31.3 Å². The van der Waals surface area contributed by atoms with Crippen molar-refractivity contribution in [3.63, 3.8) is 0 Å². The van der Waals surface area contributed by atoms with Crippen molar-refractivity contribution in [3.05, 3.63) is 34.9 Å². The van der Waals surface area contributed by atoms with E-state index < -0.39 is 6.10 Å². The van der Waals surface area contributed by atoms with E-state index >= 15 is 0 Å². The maximum absolute atomic E-state index is 9.89. The number of rotatable bonds is 5. The highest BCUT2D eigenvalue weighted by Crippen LogP contribution is 2.26. The summed E-state index contributed by atoms with van der Waals surface area (Å²) in [4.78, 5) is 2.23. The third-order valence-corrected chi connectivity index (χ3v) is 3.82. The number of hydrogen-bond acceptors (Lipinski definition) is 4. The lowest BCUT2D eigenvalue weighted by Gasteiger charge is -2.39. The number of β-amino-alcohol motifs (C(OH)–C–C–N with tert-alkyl or cyclic N) is 1. The molecule has 0 amide bonds. The van der Waals surface area contributed by atoms with Crippen LogP contribution in [0.15, 0.2) is 24.3 Å². The molecular formula is C15H22ClNO3. The van der Waals surface area contributed by atoms with Gasteiger partial charge in [-0.2, -0.15) is 0 Å². The predicted octanol–water partition coefficient (Wildman–Crippen LogP) is 2.11. The minimum atomic E-state index is -0.472. The summed E-state index contributed by atoms with van der Waals surface area (Å²) in [5.41, 5.74) is 1.08. The lowest BCUT2D eigenvalue weighted by molar-refractivity contribution is -0.0767. The second-order valence-corrected chi connectivity index (χ2v) is 5.73. The van der Waals surface area contributed by atoms with Crippen LogP contribution in [-0.2, 0) is 9.47 Å². The van der Waals surface area contributed by atoms with Gasteiger partial charge in [0.1, 0.15) is 0 Å². The van der Waals surface area contributed by atoms with Gasteiger partial charge in [-0.05, 0) is 24.6 Å². The fourth-order valence-electron chi connectivity index (χ4n) is 2.49. The van der Waals surface area contributed by atoms with Gasteiger partial charge >= 0.3 is 0 Å². The Morgan fingerprint density at radius 1 is 1.55 bits per heavy atom. The molecule has 1 heterocycles. The van der Waals surface area contributed by atoms with Crippen LogP contribution in [0.2, 0.25) is 5.02 Å². The number of benzene rings is 1. The third-order valence-electron chi connectivity index (χ3n) is 3.59. The van der Waals surface area contributed by atoms with Crippen molar-refractivity contribution in [2.24, 2.45) is 0 Å². The normalized spacial score (nSPS) is 25.6. The topological polar surface area (TPSA) is 41.9 Å². The first kappa shape index (κ1) is 15.7. The number of hydrogen-bond donors (Lipinski definition) is 1. The zero-order valence-corrected chi connectivity index (χ0v) is 12.7. The third kappa shape index (κ3) is 4.17. The summed E-state index contributed by atoms with van der Waals surface area (Å²) in [6.45, 7) is 4.45. The summed E-state index contributed by atoms with van der Waals surface area (Å²) < 4.78 is 10.9. The van der Waals surface area contributed by atoms with Crippen molar-refractivity contribution in [3.8, 4) is 0 Å². The first-order valence-electron chi connectivity index (χ1n) is 6.88. The van der Waals surface area contributed by atoms with Gasteiger partial charge in [0.05, 0.1) is 25.4 Å². The molecule has 0 spiro atoms. The average Bonchev–Trinajstić information content (AvgIpc) is 2.41. The van der Waals surface area contributed by atoms with Crippen molar-refractivity contribution in [1.82, 2.24) is 4.90 Å². The molecule has 1 saturated heterocycles. The molecule has 1 aliphatic heterocycles. The maximum Gasteiger partial charge on any atom is 0.0953 e.